The molecule has 0 rings (SSSR count). The lowest BCUT2D eigenvalue weighted by molar-refractivity contribution is -0.283. The maximum absolute atomic E-state index is 10.6. The van der Waals surface area contributed by atoms with Crippen LogP contribution in [0.3, 0.4) is 0 Å². The Morgan fingerprint density at radius 2 is 2.33 bits per heavy atom. The Bertz CT molecular complexity index is 156. The lowest BCUT2D eigenvalue weighted by Gasteiger charge is -2.14. The van der Waals surface area contributed by atoms with Crippen molar-refractivity contribution in [3.05, 3.63) is 12.7 Å². The maximum atomic E-state index is 10.6. The van der Waals surface area contributed by atoms with Gasteiger partial charge in [0.2, 0.25) is 0 Å². The fourth-order valence-electron chi connectivity index (χ4n) is 0.641. The summed E-state index contributed by atoms with van der Waals surface area (Å²) >= 11 is 0. The topological polar surface area (TPSA) is 76.0 Å². The summed E-state index contributed by atoms with van der Waals surface area (Å²) in [4.78, 5) is 14.4. The predicted octanol–water partition coefficient (Wildman–Crippen LogP) is -0.0454. The molecule has 5 heteroatoms. The van der Waals surface area contributed by atoms with Gasteiger partial charge in [-0.25, -0.2) is 4.89 Å². The standard InChI is InChI=1S/C7H12O5/c1-3-6(12-10)5(8)4-7(9)11-2/h3,5-6,8,10H,1,4H2,2H3/t5-,6+/m1/s1. The van der Waals surface area contributed by atoms with Crippen molar-refractivity contribution in [2.75, 3.05) is 7.11 Å². The minimum atomic E-state index is -1.14. The van der Waals surface area contributed by atoms with Gasteiger partial charge in [-0.3, -0.25) is 10.1 Å². The number of methoxy groups -OCH3 is 1. The minimum absolute atomic E-state index is 0.242. The molecule has 0 bridgehead atoms. The van der Waals surface area contributed by atoms with E-state index in [4.69, 9.17) is 10.4 Å². The quantitative estimate of drug-likeness (QED) is 0.266. The van der Waals surface area contributed by atoms with E-state index in [2.05, 4.69) is 16.2 Å². The molecule has 0 unspecified atom stereocenters. The Hall–Kier alpha value is -0.910. The van der Waals surface area contributed by atoms with Crippen molar-refractivity contribution in [3.8, 4) is 0 Å². The van der Waals surface area contributed by atoms with Crippen molar-refractivity contribution in [1.82, 2.24) is 0 Å². The molecule has 0 amide bonds. The maximum Gasteiger partial charge on any atom is 0.308 e. The number of hydrogen-bond donors (Lipinski definition) is 2. The third-order valence-electron chi connectivity index (χ3n) is 1.34. The van der Waals surface area contributed by atoms with Gasteiger partial charge in [0.1, 0.15) is 6.10 Å². The van der Waals surface area contributed by atoms with Crippen molar-refractivity contribution in [1.29, 1.82) is 0 Å². The second-order valence-electron chi connectivity index (χ2n) is 2.15. The van der Waals surface area contributed by atoms with Gasteiger partial charge in [-0.05, 0) is 0 Å². The van der Waals surface area contributed by atoms with Crippen LogP contribution in [-0.2, 0) is 14.4 Å². The molecule has 0 spiro atoms. The highest BCUT2D eigenvalue weighted by Gasteiger charge is 2.20. The molecule has 0 aromatic carbocycles. The monoisotopic (exact) mass is 176 g/mol. The second kappa shape index (κ2) is 5.70. The lowest BCUT2D eigenvalue weighted by Crippen LogP contribution is -2.28. The van der Waals surface area contributed by atoms with Crippen molar-refractivity contribution in [2.24, 2.45) is 0 Å². The average Bonchev–Trinajstić information content (AvgIpc) is 2.06. The molecule has 70 valence electrons. The Labute approximate surface area is 70.1 Å². The van der Waals surface area contributed by atoms with E-state index in [0.29, 0.717) is 0 Å². The summed E-state index contributed by atoms with van der Waals surface area (Å²) in [6, 6.07) is 0. The number of carbonyl (C=O) groups excluding carboxylic acids is 1. The Kier molecular flexibility index (Phi) is 5.27. The molecule has 0 saturated heterocycles. The molecule has 0 aliphatic heterocycles. The van der Waals surface area contributed by atoms with Gasteiger partial charge in [-0.2, -0.15) is 0 Å². The van der Waals surface area contributed by atoms with Gasteiger partial charge >= 0.3 is 5.97 Å². The summed E-state index contributed by atoms with van der Waals surface area (Å²) < 4.78 is 4.29. The van der Waals surface area contributed by atoms with Crippen molar-refractivity contribution in [3.63, 3.8) is 0 Å². The van der Waals surface area contributed by atoms with Crippen LogP contribution in [0, 0.1) is 0 Å². The molecule has 0 aromatic rings. The van der Waals surface area contributed by atoms with Crippen LogP contribution in [0.1, 0.15) is 6.42 Å². The molecule has 0 saturated carbocycles. The van der Waals surface area contributed by atoms with Gasteiger partial charge in [0, 0.05) is 0 Å². The van der Waals surface area contributed by atoms with E-state index < -0.39 is 18.2 Å². The average molecular weight is 176 g/mol. The molecule has 0 aliphatic carbocycles. The fourth-order valence-corrected chi connectivity index (χ4v) is 0.641. The lowest BCUT2D eigenvalue weighted by atomic mass is 10.1. The van der Waals surface area contributed by atoms with Gasteiger partial charge in [-0.1, -0.05) is 6.08 Å². The summed E-state index contributed by atoms with van der Waals surface area (Å²) in [5, 5.41) is 17.4. The van der Waals surface area contributed by atoms with E-state index in [-0.39, 0.29) is 6.42 Å². The number of ether oxygens (including phenoxy) is 1. The van der Waals surface area contributed by atoms with Gasteiger partial charge < -0.3 is 9.84 Å². The van der Waals surface area contributed by atoms with Gasteiger partial charge in [0.25, 0.3) is 0 Å². The Balaban J connectivity index is 3.91. The smallest absolute Gasteiger partial charge is 0.308 e. The van der Waals surface area contributed by atoms with Crippen molar-refractivity contribution in [2.45, 2.75) is 18.6 Å². The molecular formula is C7H12O5. The molecule has 0 heterocycles. The summed E-state index contributed by atoms with van der Waals surface area (Å²) in [5.41, 5.74) is 0. The summed E-state index contributed by atoms with van der Waals surface area (Å²) in [6.07, 6.45) is -1.16. The summed E-state index contributed by atoms with van der Waals surface area (Å²) in [7, 11) is 1.21. The SMILES string of the molecule is C=C[C@H](OO)[C@H](O)CC(=O)OC. The number of aliphatic hydroxyl groups is 1. The fraction of sp³-hybridized carbons (Fsp3) is 0.571. The van der Waals surface area contributed by atoms with Gasteiger partial charge in [0.05, 0.1) is 19.6 Å². The van der Waals surface area contributed by atoms with Crippen LogP contribution in [0.25, 0.3) is 0 Å². The van der Waals surface area contributed by atoms with Crippen LogP contribution < -0.4 is 0 Å². The summed E-state index contributed by atoms with van der Waals surface area (Å²) in [5.74, 6) is -0.577. The van der Waals surface area contributed by atoms with Crippen LogP contribution in [0.15, 0.2) is 12.7 Å². The molecule has 5 nitrogen and oxygen atoms in total. The van der Waals surface area contributed by atoms with Crippen LogP contribution in [0.5, 0.6) is 0 Å². The van der Waals surface area contributed by atoms with Crippen LogP contribution >= 0.6 is 0 Å². The number of aliphatic hydroxyl groups excluding tert-OH is 1. The number of carbonyl (C=O) groups is 1. The summed E-state index contributed by atoms with van der Waals surface area (Å²) in [6.45, 7) is 3.29. The van der Waals surface area contributed by atoms with Crippen LogP contribution in [0.2, 0.25) is 0 Å². The highest BCUT2D eigenvalue weighted by molar-refractivity contribution is 5.69. The van der Waals surface area contributed by atoms with E-state index in [9.17, 15) is 4.79 Å². The van der Waals surface area contributed by atoms with E-state index in [1.165, 1.54) is 13.2 Å². The molecular weight excluding hydrogens is 164 g/mol. The van der Waals surface area contributed by atoms with Gasteiger partial charge in [-0.15, -0.1) is 6.58 Å². The largest absolute Gasteiger partial charge is 0.469 e. The van der Waals surface area contributed by atoms with E-state index >= 15 is 0 Å². The van der Waals surface area contributed by atoms with E-state index in [0.717, 1.165) is 0 Å². The molecule has 2 N–H and O–H groups in total. The Morgan fingerprint density at radius 1 is 1.75 bits per heavy atom. The first-order chi connectivity index (χ1) is 5.65. The molecule has 12 heavy (non-hydrogen) atoms. The zero-order chi connectivity index (χ0) is 9.56. The zero-order valence-electron chi connectivity index (χ0n) is 6.77. The zero-order valence-corrected chi connectivity index (χ0v) is 6.77. The first-order valence-electron chi connectivity index (χ1n) is 3.33. The molecule has 0 aromatic heterocycles. The second-order valence-corrected chi connectivity index (χ2v) is 2.15. The number of esters is 1. The van der Waals surface area contributed by atoms with Crippen molar-refractivity contribution >= 4 is 5.97 Å². The van der Waals surface area contributed by atoms with E-state index in [1.807, 2.05) is 0 Å². The Morgan fingerprint density at radius 3 is 2.67 bits per heavy atom. The molecule has 0 aliphatic rings. The third-order valence-corrected chi connectivity index (χ3v) is 1.34. The van der Waals surface area contributed by atoms with Crippen LogP contribution in [-0.4, -0.2) is 35.7 Å². The normalized spacial score (nSPS) is 14.9. The third kappa shape index (κ3) is 3.47. The number of hydrogen-bond acceptors (Lipinski definition) is 5. The molecule has 0 fully saturated rings. The first kappa shape index (κ1) is 11.1. The van der Waals surface area contributed by atoms with E-state index in [1.54, 1.807) is 0 Å². The predicted molar refractivity (Wildman–Crippen MR) is 40.3 cm³/mol. The van der Waals surface area contributed by atoms with Crippen molar-refractivity contribution < 1.29 is 24.8 Å². The minimum Gasteiger partial charge on any atom is -0.469 e. The molecule has 0 radical (unpaired) electrons. The highest BCUT2D eigenvalue weighted by atomic mass is 17.1. The molecule has 2 atom stereocenters. The van der Waals surface area contributed by atoms with Crippen LogP contribution in [0.4, 0.5) is 0 Å². The van der Waals surface area contributed by atoms with Gasteiger partial charge in [0.15, 0.2) is 0 Å². The highest BCUT2D eigenvalue weighted by Crippen LogP contribution is 2.04. The first-order valence-corrected chi connectivity index (χ1v) is 3.33. The number of rotatable bonds is 5.